The lowest BCUT2D eigenvalue weighted by Gasteiger charge is -2.31. The number of benzene rings is 1. The molecule has 1 amide bonds. The molecule has 0 aromatic heterocycles. The number of hydrogen-bond donors (Lipinski definition) is 1. The van der Waals surface area contributed by atoms with Crippen molar-refractivity contribution in [1.29, 1.82) is 0 Å². The quantitative estimate of drug-likeness (QED) is 0.931. The number of carbonyl (C=O) groups is 1. The van der Waals surface area contributed by atoms with Crippen LogP contribution in [0.15, 0.2) is 18.2 Å². The Morgan fingerprint density at radius 2 is 1.91 bits per heavy atom. The summed E-state index contributed by atoms with van der Waals surface area (Å²) in [5.41, 5.74) is 3.26. The summed E-state index contributed by atoms with van der Waals surface area (Å²) in [5, 5.41) is 3.20. The van der Waals surface area contributed by atoms with E-state index in [1.54, 1.807) is 0 Å². The smallest absolute Gasteiger partial charge is 0.227 e. The van der Waals surface area contributed by atoms with E-state index in [0.717, 1.165) is 50.5 Å². The molecule has 0 spiro atoms. The largest absolute Gasteiger partial charge is 0.378 e. The van der Waals surface area contributed by atoms with Gasteiger partial charge < -0.3 is 15.0 Å². The van der Waals surface area contributed by atoms with Crippen LogP contribution >= 0.6 is 0 Å². The molecule has 1 aromatic rings. The van der Waals surface area contributed by atoms with Gasteiger partial charge in [0.1, 0.15) is 0 Å². The number of aryl methyl sites for hydroxylation is 1. The second-order valence-electron chi connectivity index (χ2n) is 6.44. The Bertz CT molecular complexity index is 518. The Hall–Kier alpha value is -1.55. The van der Waals surface area contributed by atoms with E-state index in [0.29, 0.717) is 0 Å². The first-order valence-corrected chi connectivity index (χ1v) is 8.48. The highest BCUT2D eigenvalue weighted by Gasteiger charge is 2.23. The van der Waals surface area contributed by atoms with Crippen LogP contribution in [0.1, 0.15) is 37.7 Å². The third-order valence-electron chi connectivity index (χ3n) is 4.74. The molecule has 1 heterocycles. The van der Waals surface area contributed by atoms with Crippen molar-refractivity contribution in [3.63, 3.8) is 0 Å². The molecule has 1 aliphatic heterocycles. The number of ether oxygens (including phenoxy) is 1. The van der Waals surface area contributed by atoms with E-state index < -0.39 is 0 Å². The van der Waals surface area contributed by atoms with E-state index in [1.807, 2.05) is 0 Å². The number of nitrogens with one attached hydrogen (secondary N) is 1. The fourth-order valence-electron chi connectivity index (χ4n) is 3.43. The average Bonchev–Trinajstić information content (AvgIpc) is 2.56. The predicted octanol–water partition coefficient (Wildman–Crippen LogP) is 3.35. The number of carbonyl (C=O) groups excluding carboxylic acids is 1. The molecular formula is C18H26N2O2. The molecule has 1 aliphatic carbocycles. The molecule has 1 saturated heterocycles. The molecule has 3 rings (SSSR count). The van der Waals surface area contributed by atoms with Crippen molar-refractivity contribution in [3.8, 4) is 0 Å². The summed E-state index contributed by atoms with van der Waals surface area (Å²) in [7, 11) is 0. The summed E-state index contributed by atoms with van der Waals surface area (Å²) in [6, 6.07) is 6.32. The van der Waals surface area contributed by atoms with Crippen LogP contribution in [0.5, 0.6) is 0 Å². The van der Waals surface area contributed by atoms with Crippen LogP contribution in [0.3, 0.4) is 0 Å². The Balaban J connectivity index is 1.76. The molecule has 4 nitrogen and oxygen atoms in total. The highest BCUT2D eigenvalue weighted by atomic mass is 16.5. The van der Waals surface area contributed by atoms with Crippen LogP contribution in [0.4, 0.5) is 11.4 Å². The van der Waals surface area contributed by atoms with Gasteiger partial charge in [-0.15, -0.1) is 0 Å². The summed E-state index contributed by atoms with van der Waals surface area (Å²) < 4.78 is 5.43. The summed E-state index contributed by atoms with van der Waals surface area (Å²) in [6.45, 7) is 5.35. The van der Waals surface area contributed by atoms with Crippen LogP contribution < -0.4 is 10.2 Å². The lowest BCUT2D eigenvalue weighted by atomic mass is 9.88. The van der Waals surface area contributed by atoms with Crippen molar-refractivity contribution in [3.05, 3.63) is 23.8 Å². The summed E-state index contributed by atoms with van der Waals surface area (Å²) in [5.74, 6) is 0.381. The summed E-state index contributed by atoms with van der Waals surface area (Å²) in [4.78, 5) is 14.9. The number of morpholine rings is 1. The number of hydrogen-bond acceptors (Lipinski definition) is 3. The normalized spacial score (nSPS) is 20.0. The van der Waals surface area contributed by atoms with Crippen LogP contribution in [-0.2, 0) is 9.53 Å². The van der Waals surface area contributed by atoms with Gasteiger partial charge in [0.2, 0.25) is 5.91 Å². The van der Waals surface area contributed by atoms with Crippen molar-refractivity contribution in [2.75, 3.05) is 36.5 Å². The van der Waals surface area contributed by atoms with E-state index in [2.05, 4.69) is 35.3 Å². The Labute approximate surface area is 132 Å². The molecule has 2 aliphatic rings. The Kier molecular flexibility index (Phi) is 4.98. The standard InChI is InChI=1S/C18H26N2O2/c1-14-7-8-17(20-9-11-22-12-10-20)16(13-14)19-18(21)15-5-3-2-4-6-15/h7-8,13,15H,2-6,9-12H2,1H3,(H,19,21). The maximum Gasteiger partial charge on any atom is 0.227 e. The molecule has 1 aromatic carbocycles. The topological polar surface area (TPSA) is 41.6 Å². The molecule has 4 heteroatoms. The van der Waals surface area contributed by atoms with Crippen molar-refractivity contribution < 1.29 is 9.53 Å². The third-order valence-corrected chi connectivity index (χ3v) is 4.74. The lowest BCUT2D eigenvalue weighted by Crippen LogP contribution is -2.37. The van der Waals surface area contributed by atoms with Crippen LogP contribution in [0, 0.1) is 12.8 Å². The molecular weight excluding hydrogens is 276 g/mol. The molecule has 0 radical (unpaired) electrons. The SMILES string of the molecule is Cc1ccc(N2CCOCC2)c(NC(=O)C2CCCCC2)c1. The molecule has 0 unspecified atom stereocenters. The van der Waals surface area contributed by atoms with E-state index >= 15 is 0 Å². The van der Waals surface area contributed by atoms with Gasteiger partial charge >= 0.3 is 0 Å². The Morgan fingerprint density at radius 3 is 2.64 bits per heavy atom. The first-order valence-electron chi connectivity index (χ1n) is 8.48. The maximum absolute atomic E-state index is 12.6. The highest BCUT2D eigenvalue weighted by molar-refractivity contribution is 5.96. The fraction of sp³-hybridized carbons (Fsp3) is 0.611. The zero-order valence-corrected chi connectivity index (χ0v) is 13.4. The molecule has 1 saturated carbocycles. The van der Waals surface area contributed by atoms with Gasteiger partial charge in [0.05, 0.1) is 24.6 Å². The van der Waals surface area contributed by atoms with Crippen molar-refractivity contribution >= 4 is 17.3 Å². The molecule has 22 heavy (non-hydrogen) atoms. The number of nitrogens with zero attached hydrogens (tertiary/aromatic N) is 1. The van der Waals surface area contributed by atoms with Gasteiger partial charge in [0.15, 0.2) is 0 Å². The molecule has 0 bridgehead atoms. The van der Waals surface area contributed by atoms with Gasteiger partial charge in [0.25, 0.3) is 0 Å². The second-order valence-corrected chi connectivity index (χ2v) is 6.44. The van der Waals surface area contributed by atoms with Gasteiger partial charge in [-0.05, 0) is 37.5 Å². The predicted molar refractivity (Wildman–Crippen MR) is 89.4 cm³/mol. The van der Waals surface area contributed by atoms with Crippen LogP contribution in [0.25, 0.3) is 0 Å². The first-order chi connectivity index (χ1) is 10.7. The van der Waals surface area contributed by atoms with Crippen LogP contribution in [0.2, 0.25) is 0 Å². The van der Waals surface area contributed by atoms with Gasteiger partial charge in [-0.25, -0.2) is 0 Å². The average molecular weight is 302 g/mol. The number of rotatable bonds is 3. The zero-order valence-electron chi connectivity index (χ0n) is 13.4. The van der Waals surface area contributed by atoms with Gasteiger partial charge in [-0.2, -0.15) is 0 Å². The van der Waals surface area contributed by atoms with E-state index in [1.165, 1.54) is 24.8 Å². The summed E-state index contributed by atoms with van der Waals surface area (Å²) in [6.07, 6.45) is 5.70. The zero-order chi connectivity index (χ0) is 15.4. The number of anilines is 2. The third kappa shape index (κ3) is 3.61. The van der Waals surface area contributed by atoms with E-state index in [4.69, 9.17) is 4.74 Å². The van der Waals surface area contributed by atoms with Crippen molar-refractivity contribution in [2.24, 2.45) is 5.92 Å². The van der Waals surface area contributed by atoms with E-state index in [9.17, 15) is 4.79 Å². The maximum atomic E-state index is 12.6. The molecule has 2 fully saturated rings. The minimum absolute atomic E-state index is 0.187. The molecule has 1 N–H and O–H groups in total. The molecule has 0 atom stereocenters. The Morgan fingerprint density at radius 1 is 1.18 bits per heavy atom. The monoisotopic (exact) mass is 302 g/mol. The summed E-state index contributed by atoms with van der Waals surface area (Å²) >= 11 is 0. The van der Waals surface area contributed by atoms with Crippen molar-refractivity contribution in [2.45, 2.75) is 39.0 Å². The van der Waals surface area contributed by atoms with E-state index in [-0.39, 0.29) is 11.8 Å². The number of amides is 1. The van der Waals surface area contributed by atoms with Crippen LogP contribution in [-0.4, -0.2) is 32.2 Å². The van der Waals surface area contributed by atoms with Gasteiger partial charge in [0, 0.05) is 19.0 Å². The van der Waals surface area contributed by atoms with Crippen molar-refractivity contribution in [1.82, 2.24) is 0 Å². The van der Waals surface area contributed by atoms with Gasteiger partial charge in [-0.3, -0.25) is 4.79 Å². The first kappa shape index (κ1) is 15.3. The highest BCUT2D eigenvalue weighted by Crippen LogP contribution is 2.30. The molecule has 120 valence electrons. The minimum Gasteiger partial charge on any atom is -0.378 e. The minimum atomic E-state index is 0.187. The lowest BCUT2D eigenvalue weighted by molar-refractivity contribution is -0.120. The van der Waals surface area contributed by atoms with Gasteiger partial charge in [-0.1, -0.05) is 25.3 Å². The second kappa shape index (κ2) is 7.14. The fourth-order valence-corrected chi connectivity index (χ4v) is 3.43.